The van der Waals surface area contributed by atoms with Gasteiger partial charge in [-0.05, 0) is 24.3 Å². The molecule has 1 aromatic carbocycles. The summed E-state index contributed by atoms with van der Waals surface area (Å²) in [7, 11) is 1.97. The van der Waals surface area contributed by atoms with Crippen molar-refractivity contribution in [3.05, 3.63) is 42.5 Å². The first-order valence-corrected chi connectivity index (χ1v) is 8.33. The van der Waals surface area contributed by atoms with Gasteiger partial charge in [0.05, 0.1) is 6.04 Å². The Kier molecular flexibility index (Phi) is 7.34. The molecule has 1 aliphatic heterocycles. The Morgan fingerprint density at radius 3 is 2.56 bits per heavy atom. The van der Waals surface area contributed by atoms with E-state index in [-0.39, 0.29) is 24.2 Å². The van der Waals surface area contributed by atoms with Crippen molar-refractivity contribution in [2.45, 2.75) is 12.4 Å². The van der Waals surface area contributed by atoms with Crippen LogP contribution >= 0.6 is 12.4 Å². The molecule has 0 bridgehead atoms. The molecule has 1 aromatic heterocycles. The summed E-state index contributed by atoms with van der Waals surface area (Å²) < 4.78 is 48.0. The molecule has 2 heterocycles. The number of imidazole rings is 1. The number of hydrogen-bond donors (Lipinski definition) is 1. The molecule has 1 fully saturated rings. The fraction of sp³-hybridized carbons (Fsp3) is 0.471. The Hall–Kier alpha value is -1.97. The number of alkyl halides is 3. The minimum atomic E-state index is -4.69. The van der Waals surface area contributed by atoms with Crippen molar-refractivity contribution in [1.82, 2.24) is 19.8 Å². The molecule has 0 amide bonds. The van der Waals surface area contributed by atoms with Crippen molar-refractivity contribution in [2.24, 2.45) is 7.05 Å². The van der Waals surface area contributed by atoms with E-state index in [9.17, 15) is 13.2 Å². The van der Waals surface area contributed by atoms with E-state index in [1.165, 1.54) is 24.3 Å². The molecule has 0 radical (unpaired) electrons. The number of nitrogens with zero attached hydrogens (tertiary/aromatic N) is 3. The van der Waals surface area contributed by atoms with Crippen LogP contribution in [0.3, 0.4) is 0 Å². The van der Waals surface area contributed by atoms with Crippen molar-refractivity contribution in [2.75, 3.05) is 32.8 Å². The zero-order valence-electron chi connectivity index (χ0n) is 14.8. The molecule has 1 saturated heterocycles. The number of aryl methyl sites for hydroxylation is 1. The summed E-state index contributed by atoms with van der Waals surface area (Å²) in [6, 6.07) is 5.58. The number of aromatic nitrogens is 2. The lowest BCUT2D eigenvalue weighted by atomic mass is 10.2. The highest BCUT2D eigenvalue weighted by molar-refractivity contribution is 5.85. The molecule has 0 spiro atoms. The second-order valence-electron chi connectivity index (χ2n) is 6.02. The average molecular weight is 407 g/mol. The molecular formula is C17H22ClF3N4O2. The predicted octanol–water partition coefficient (Wildman–Crippen LogP) is 2.77. The van der Waals surface area contributed by atoms with Crippen molar-refractivity contribution < 1.29 is 22.6 Å². The second kappa shape index (κ2) is 9.29. The fourth-order valence-electron chi connectivity index (χ4n) is 2.99. The van der Waals surface area contributed by atoms with Crippen LogP contribution in [0.2, 0.25) is 0 Å². The van der Waals surface area contributed by atoms with Crippen LogP contribution in [0.15, 0.2) is 36.7 Å². The Balaban J connectivity index is 0.00000261. The van der Waals surface area contributed by atoms with Crippen molar-refractivity contribution >= 4 is 12.4 Å². The maximum absolute atomic E-state index is 12.2. The smallest absolute Gasteiger partial charge is 0.492 e. The Morgan fingerprint density at radius 1 is 1.22 bits per heavy atom. The highest BCUT2D eigenvalue weighted by Gasteiger charge is 2.31. The molecule has 3 rings (SSSR count). The topological polar surface area (TPSA) is 51.6 Å². The zero-order valence-corrected chi connectivity index (χ0v) is 15.6. The molecule has 1 unspecified atom stereocenters. The number of piperazine rings is 1. The van der Waals surface area contributed by atoms with Gasteiger partial charge in [0.15, 0.2) is 0 Å². The SMILES string of the molecule is Cl.Cn1ccnc1C1CNCCN1CCOc1ccc(OC(F)(F)F)cc1. The predicted molar refractivity (Wildman–Crippen MR) is 96.3 cm³/mol. The minimum absolute atomic E-state index is 0. The third kappa shape index (κ3) is 6.02. The summed E-state index contributed by atoms with van der Waals surface area (Å²) in [4.78, 5) is 6.72. The molecule has 1 atom stereocenters. The van der Waals surface area contributed by atoms with Gasteiger partial charge in [-0.3, -0.25) is 4.90 Å². The molecule has 0 aliphatic carbocycles. The highest BCUT2D eigenvalue weighted by Crippen LogP contribution is 2.25. The van der Waals surface area contributed by atoms with Gasteiger partial charge in [0.25, 0.3) is 0 Å². The van der Waals surface area contributed by atoms with E-state index >= 15 is 0 Å². The monoisotopic (exact) mass is 406 g/mol. The zero-order chi connectivity index (χ0) is 18.6. The average Bonchev–Trinajstić information content (AvgIpc) is 3.01. The first-order chi connectivity index (χ1) is 12.4. The minimum Gasteiger partial charge on any atom is -0.492 e. The number of nitrogens with one attached hydrogen (secondary N) is 1. The maximum Gasteiger partial charge on any atom is 0.573 e. The summed E-state index contributed by atoms with van der Waals surface area (Å²) in [6.07, 6.45) is -0.989. The molecule has 150 valence electrons. The third-order valence-corrected chi connectivity index (χ3v) is 4.22. The first-order valence-electron chi connectivity index (χ1n) is 8.33. The summed E-state index contributed by atoms with van der Waals surface area (Å²) >= 11 is 0. The number of ether oxygens (including phenoxy) is 2. The van der Waals surface area contributed by atoms with Crippen molar-refractivity contribution in [3.63, 3.8) is 0 Å². The van der Waals surface area contributed by atoms with Gasteiger partial charge < -0.3 is 19.4 Å². The summed E-state index contributed by atoms with van der Waals surface area (Å²) in [5, 5.41) is 3.37. The van der Waals surface area contributed by atoms with Gasteiger partial charge in [0.1, 0.15) is 23.9 Å². The largest absolute Gasteiger partial charge is 0.573 e. The standard InChI is InChI=1S/C17H21F3N4O2.ClH/c1-23-8-7-22-16(23)15-12-21-6-9-24(15)10-11-25-13-2-4-14(5-3-13)26-17(18,19)20;/h2-5,7-8,15,21H,6,9-12H2,1H3;1H. The Bertz CT molecular complexity index is 709. The van der Waals surface area contributed by atoms with Crippen LogP contribution in [0.25, 0.3) is 0 Å². The van der Waals surface area contributed by atoms with Gasteiger partial charge in [-0.15, -0.1) is 25.6 Å². The van der Waals surface area contributed by atoms with E-state index in [0.717, 1.165) is 25.5 Å². The van der Waals surface area contributed by atoms with Crippen LogP contribution in [-0.4, -0.2) is 53.6 Å². The number of rotatable bonds is 6. The van der Waals surface area contributed by atoms with Crippen LogP contribution in [0.5, 0.6) is 11.5 Å². The van der Waals surface area contributed by atoms with E-state index in [0.29, 0.717) is 18.9 Å². The third-order valence-electron chi connectivity index (χ3n) is 4.22. The van der Waals surface area contributed by atoms with Crippen molar-refractivity contribution in [1.29, 1.82) is 0 Å². The number of hydrogen-bond acceptors (Lipinski definition) is 5. The van der Waals surface area contributed by atoms with E-state index < -0.39 is 6.36 Å². The highest BCUT2D eigenvalue weighted by atomic mass is 35.5. The quantitative estimate of drug-likeness (QED) is 0.799. The first kappa shape index (κ1) is 21.3. The van der Waals surface area contributed by atoms with E-state index in [2.05, 4.69) is 19.9 Å². The van der Waals surface area contributed by atoms with Crippen LogP contribution in [0.1, 0.15) is 11.9 Å². The second-order valence-corrected chi connectivity index (χ2v) is 6.02. The van der Waals surface area contributed by atoms with E-state index in [4.69, 9.17) is 4.74 Å². The molecule has 6 nitrogen and oxygen atoms in total. The summed E-state index contributed by atoms with van der Waals surface area (Å²) in [5.74, 6) is 1.23. The van der Waals surface area contributed by atoms with Gasteiger partial charge in [-0.1, -0.05) is 0 Å². The normalized spacial score (nSPS) is 18.0. The van der Waals surface area contributed by atoms with Gasteiger partial charge in [-0.25, -0.2) is 4.98 Å². The van der Waals surface area contributed by atoms with Gasteiger partial charge in [0.2, 0.25) is 0 Å². The maximum atomic E-state index is 12.2. The molecule has 1 aliphatic rings. The molecule has 10 heteroatoms. The Labute approximate surface area is 161 Å². The van der Waals surface area contributed by atoms with E-state index in [1.54, 1.807) is 6.20 Å². The fourth-order valence-corrected chi connectivity index (χ4v) is 2.99. The number of benzene rings is 1. The van der Waals surface area contributed by atoms with Crippen molar-refractivity contribution in [3.8, 4) is 11.5 Å². The van der Waals surface area contributed by atoms with E-state index in [1.807, 2.05) is 17.8 Å². The van der Waals surface area contributed by atoms with Gasteiger partial charge in [0, 0.05) is 45.6 Å². The summed E-state index contributed by atoms with van der Waals surface area (Å²) in [6.45, 7) is 3.71. The molecule has 27 heavy (non-hydrogen) atoms. The lowest BCUT2D eigenvalue weighted by molar-refractivity contribution is -0.274. The van der Waals surface area contributed by atoms with Gasteiger partial charge in [-0.2, -0.15) is 0 Å². The van der Waals surface area contributed by atoms with Crippen LogP contribution in [0.4, 0.5) is 13.2 Å². The molecular weight excluding hydrogens is 385 g/mol. The summed E-state index contributed by atoms with van der Waals surface area (Å²) in [5.41, 5.74) is 0. The molecule has 0 saturated carbocycles. The number of halogens is 4. The van der Waals surface area contributed by atoms with Gasteiger partial charge >= 0.3 is 6.36 Å². The molecule has 1 N–H and O–H groups in total. The lowest BCUT2D eigenvalue weighted by Gasteiger charge is -2.35. The van der Waals surface area contributed by atoms with Crippen LogP contribution < -0.4 is 14.8 Å². The Morgan fingerprint density at radius 2 is 1.93 bits per heavy atom. The lowest BCUT2D eigenvalue weighted by Crippen LogP contribution is -2.48. The van der Waals surface area contributed by atoms with Crippen LogP contribution in [0, 0.1) is 0 Å². The molecule has 2 aromatic rings. The van der Waals surface area contributed by atoms with Crippen LogP contribution in [-0.2, 0) is 7.05 Å².